The molecule has 1 aliphatic heterocycles. The van der Waals surface area contributed by atoms with E-state index in [0.29, 0.717) is 35.8 Å². The zero-order valence-corrected chi connectivity index (χ0v) is 23.2. The molecule has 1 amide bonds. The van der Waals surface area contributed by atoms with Crippen molar-refractivity contribution in [3.05, 3.63) is 78.5 Å². The molecule has 5 aromatic heterocycles. The standard InChI is InChI=1S/C29H26FN9O2S/c30-22-15-18(39-28-24(34-36-39)4-2-10-32-28)5-6-20(22)29(41)38(19-3-1-9-31-17-19)27-21-16-26(42-25(21)7-11-33-27)23-8-12-37(35-23)13-14-40/h2,4-8,10-12,15-16,19,31,40H,1,3,9,13-14,17H2/t19-/m1/s1. The Labute approximate surface area is 243 Å². The number of anilines is 1. The van der Waals surface area contributed by atoms with Crippen molar-refractivity contribution in [3.63, 3.8) is 0 Å². The lowest BCUT2D eigenvalue weighted by molar-refractivity contribution is 0.0968. The summed E-state index contributed by atoms with van der Waals surface area (Å²) in [6.45, 7) is 1.83. The molecule has 7 rings (SSSR count). The Balaban J connectivity index is 1.28. The molecule has 11 nitrogen and oxygen atoms in total. The van der Waals surface area contributed by atoms with Gasteiger partial charge in [-0.1, -0.05) is 5.21 Å². The van der Waals surface area contributed by atoms with E-state index in [2.05, 4.69) is 30.7 Å². The number of nitrogens with one attached hydrogen (secondary N) is 1. The van der Waals surface area contributed by atoms with Crippen molar-refractivity contribution in [3.8, 4) is 16.3 Å². The lowest BCUT2D eigenvalue weighted by Gasteiger charge is -2.34. The minimum atomic E-state index is -0.668. The molecule has 6 heterocycles. The summed E-state index contributed by atoms with van der Waals surface area (Å²) in [5.74, 6) is -0.647. The molecule has 1 fully saturated rings. The Bertz CT molecular complexity index is 1910. The maximum Gasteiger partial charge on any atom is 0.262 e. The van der Waals surface area contributed by atoms with Gasteiger partial charge < -0.3 is 10.4 Å². The molecule has 2 N–H and O–H groups in total. The molecule has 13 heteroatoms. The number of carbonyl (C=O) groups excluding carboxylic acids is 1. The number of piperidine rings is 1. The molecular formula is C29H26FN9O2S. The summed E-state index contributed by atoms with van der Waals surface area (Å²) in [4.78, 5) is 25.7. The molecule has 0 radical (unpaired) electrons. The predicted molar refractivity (Wildman–Crippen MR) is 157 cm³/mol. The fourth-order valence-electron chi connectivity index (χ4n) is 5.35. The number of hydrogen-bond donors (Lipinski definition) is 2. The minimum Gasteiger partial charge on any atom is -0.394 e. The average molecular weight is 584 g/mol. The van der Waals surface area contributed by atoms with Crippen molar-refractivity contribution in [1.82, 2.24) is 40.1 Å². The van der Waals surface area contributed by atoms with E-state index >= 15 is 4.39 Å². The molecule has 42 heavy (non-hydrogen) atoms. The molecule has 0 aliphatic carbocycles. The van der Waals surface area contributed by atoms with Crippen LogP contribution in [0.1, 0.15) is 23.2 Å². The normalized spacial score (nSPS) is 15.4. The Kier molecular flexibility index (Phi) is 6.90. The van der Waals surface area contributed by atoms with Gasteiger partial charge in [-0.15, -0.1) is 16.4 Å². The van der Waals surface area contributed by atoms with Crippen molar-refractivity contribution in [2.75, 3.05) is 24.6 Å². The summed E-state index contributed by atoms with van der Waals surface area (Å²) < 4.78 is 19.8. The van der Waals surface area contributed by atoms with Gasteiger partial charge in [0.25, 0.3) is 5.91 Å². The molecule has 0 unspecified atom stereocenters. The highest BCUT2D eigenvalue weighted by atomic mass is 32.1. The molecule has 1 aromatic carbocycles. The quantitative estimate of drug-likeness (QED) is 0.291. The first-order valence-electron chi connectivity index (χ1n) is 13.6. The van der Waals surface area contributed by atoms with Gasteiger partial charge in [0.1, 0.15) is 22.8 Å². The summed E-state index contributed by atoms with van der Waals surface area (Å²) in [6.07, 6.45) is 6.77. The molecule has 1 saturated heterocycles. The van der Waals surface area contributed by atoms with Gasteiger partial charge in [0.05, 0.1) is 35.3 Å². The van der Waals surface area contributed by atoms with Crippen LogP contribution in [0.2, 0.25) is 0 Å². The average Bonchev–Trinajstić information content (AvgIpc) is 3.76. The summed E-state index contributed by atoms with van der Waals surface area (Å²) in [6, 6.07) is 13.5. The van der Waals surface area contributed by atoms with Crippen LogP contribution in [0, 0.1) is 5.82 Å². The fourth-order valence-corrected chi connectivity index (χ4v) is 6.37. The monoisotopic (exact) mass is 583 g/mol. The molecule has 6 aromatic rings. The number of pyridine rings is 2. The Morgan fingerprint density at radius 3 is 2.93 bits per heavy atom. The fraction of sp³-hybridized carbons (Fsp3) is 0.241. The van der Waals surface area contributed by atoms with Gasteiger partial charge in [-0.3, -0.25) is 14.4 Å². The Hall–Kier alpha value is -4.59. The molecule has 0 bridgehead atoms. The van der Waals surface area contributed by atoms with Crippen LogP contribution in [0.3, 0.4) is 0 Å². The number of aliphatic hydroxyl groups excluding tert-OH is 1. The number of aliphatic hydroxyl groups is 1. The number of thiophene rings is 1. The second kappa shape index (κ2) is 11.0. The number of halogens is 1. The van der Waals surface area contributed by atoms with E-state index < -0.39 is 11.7 Å². The third kappa shape index (κ3) is 4.70. The lowest BCUT2D eigenvalue weighted by Crippen LogP contribution is -2.49. The van der Waals surface area contributed by atoms with E-state index in [1.165, 1.54) is 16.8 Å². The Morgan fingerprint density at radius 2 is 2.10 bits per heavy atom. The third-order valence-corrected chi connectivity index (χ3v) is 8.49. The van der Waals surface area contributed by atoms with Crippen LogP contribution < -0.4 is 10.2 Å². The largest absolute Gasteiger partial charge is 0.394 e. The van der Waals surface area contributed by atoms with Gasteiger partial charge in [-0.2, -0.15) is 9.78 Å². The van der Waals surface area contributed by atoms with Gasteiger partial charge >= 0.3 is 0 Å². The van der Waals surface area contributed by atoms with Crippen molar-refractivity contribution in [2.24, 2.45) is 0 Å². The SMILES string of the molecule is O=C(c1ccc(-n2nnc3cccnc32)cc1F)N(c1nccc2sc(-c3ccn(CCO)n3)cc12)[C@@H]1CCCNC1. The maximum atomic E-state index is 15.7. The smallest absolute Gasteiger partial charge is 0.262 e. The zero-order valence-electron chi connectivity index (χ0n) is 22.4. The number of nitrogens with zero attached hydrogens (tertiary/aromatic N) is 8. The van der Waals surface area contributed by atoms with Gasteiger partial charge in [0, 0.05) is 41.3 Å². The number of rotatable bonds is 7. The number of amides is 1. The number of fused-ring (bicyclic) bond motifs is 2. The zero-order chi connectivity index (χ0) is 28.6. The van der Waals surface area contributed by atoms with Gasteiger partial charge in [-0.05, 0) is 61.9 Å². The van der Waals surface area contributed by atoms with Crippen LogP contribution in [0.4, 0.5) is 10.2 Å². The van der Waals surface area contributed by atoms with E-state index in [1.54, 1.807) is 51.5 Å². The Morgan fingerprint density at radius 1 is 1.17 bits per heavy atom. The first-order valence-corrected chi connectivity index (χ1v) is 14.5. The lowest BCUT2D eigenvalue weighted by atomic mass is 10.0. The van der Waals surface area contributed by atoms with Crippen LogP contribution in [0.15, 0.2) is 67.1 Å². The summed E-state index contributed by atoms with van der Waals surface area (Å²) in [7, 11) is 0. The number of hydrogen-bond acceptors (Lipinski definition) is 9. The minimum absolute atomic E-state index is 0.00203. The molecule has 1 atom stereocenters. The van der Waals surface area contributed by atoms with Crippen LogP contribution in [0.5, 0.6) is 0 Å². The van der Waals surface area contributed by atoms with E-state index in [4.69, 9.17) is 0 Å². The van der Waals surface area contributed by atoms with Crippen LogP contribution in [-0.2, 0) is 6.54 Å². The van der Waals surface area contributed by atoms with E-state index in [-0.39, 0.29) is 18.2 Å². The second-order valence-corrected chi connectivity index (χ2v) is 11.1. The summed E-state index contributed by atoms with van der Waals surface area (Å²) in [5.41, 5.74) is 2.21. The van der Waals surface area contributed by atoms with Crippen LogP contribution in [-0.4, -0.2) is 71.5 Å². The van der Waals surface area contributed by atoms with E-state index in [0.717, 1.165) is 40.0 Å². The van der Waals surface area contributed by atoms with Crippen molar-refractivity contribution >= 4 is 44.3 Å². The molecule has 212 valence electrons. The van der Waals surface area contributed by atoms with Gasteiger partial charge in [-0.25, -0.2) is 14.4 Å². The number of benzene rings is 1. The maximum absolute atomic E-state index is 15.7. The van der Waals surface area contributed by atoms with Gasteiger partial charge in [0.15, 0.2) is 5.65 Å². The first kappa shape index (κ1) is 26.3. The highest BCUT2D eigenvalue weighted by molar-refractivity contribution is 7.22. The molecule has 0 spiro atoms. The number of carbonyl (C=O) groups is 1. The second-order valence-electron chi connectivity index (χ2n) is 10.0. The van der Waals surface area contributed by atoms with Crippen LogP contribution >= 0.6 is 11.3 Å². The molecule has 1 aliphatic rings. The van der Waals surface area contributed by atoms with Crippen molar-refractivity contribution in [1.29, 1.82) is 0 Å². The van der Waals surface area contributed by atoms with Crippen LogP contribution in [0.25, 0.3) is 37.5 Å². The highest BCUT2D eigenvalue weighted by Crippen LogP contribution is 2.38. The topological polar surface area (TPSA) is 127 Å². The highest BCUT2D eigenvalue weighted by Gasteiger charge is 2.32. The molecular weight excluding hydrogens is 557 g/mol. The van der Waals surface area contributed by atoms with Crippen molar-refractivity contribution < 1.29 is 14.3 Å². The van der Waals surface area contributed by atoms with Gasteiger partial charge in [0.2, 0.25) is 0 Å². The summed E-state index contributed by atoms with van der Waals surface area (Å²) in [5, 5.41) is 26.2. The van der Waals surface area contributed by atoms with E-state index in [1.807, 2.05) is 24.4 Å². The predicted octanol–water partition coefficient (Wildman–Crippen LogP) is 3.82. The van der Waals surface area contributed by atoms with E-state index in [9.17, 15) is 9.90 Å². The third-order valence-electron chi connectivity index (χ3n) is 7.37. The molecule has 0 saturated carbocycles. The number of aromatic nitrogens is 7. The first-order chi connectivity index (χ1) is 20.6. The summed E-state index contributed by atoms with van der Waals surface area (Å²) >= 11 is 1.54. The van der Waals surface area contributed by atoms with Crippen molar-refractivity contribution in [2.45, 2.75) is 25.4 Å².